The maximum absolute atomic E-state index is 14.3. The monoisotopic (exact) mass is 637 g/mol. The lowest BCUT2D eigenvalue weighted by Gasteiger charge is -2.51. The number of carbonyl (C=O) groups is 4. The predicted octanol–water partition coefficient (Wildman–Crippen LogP) is 5.74. The van der Waals surface area contributed by atoms with Crippen LogP contribution in [0.15, 0.2) is 114 Å². The Bertz CT molecular complexity index is 1650. The Hall–Kier alpha value is -4.83. The Morgan fingerprint density at radius 1 is 0.913 bits per heavy atom. The predicted molar refractivity (Wildman–Crippen MR) is 176 cm³/mol. The molecule has 3 heterocycles. The van der Waals surface area contributed by atoms with Crippen molar-refractivity contribution in [2.45, 2.75) is 56.4 Å². The molecule has 3 atom stereocenters. The molecule has 3 aromatic rings. The van der Waals surface area contributed by atoms with Gasteiger partial charge in [0.05, 0.1) is 0 Å². The van der Waals surface area contributed by atoms with Crippen LogP contribution in [0, 0.1) is 0 Å². The van der Waals surface area contributed by atoms with E-state index >= 15 is 0 Å². The highest BCUT2D eigenvalue weighted by atomic mass is 32.2. The van der Waals surface area contributed by atoms with Crippen LogP contribution in [0.1, 0.15) is 44.4 Å². The summed E-state index contributed by atoms with van der Waals surface area (Å²) in [6, 6.07) is 26.2. The topological polar surface area (TPSA) is 105 Å². The van der Waals surface area contributed by atoms with Crippen molar-refractivity contribution in [2.24, 2.45) is 0 Å². The summed E-state index contributed by atoms with van der Waals surface area (Å²) in [5.41, 5.74) is 2.61. The van der Waals surface area contributed by atoms with E-state index in [1.54, 1.807) is 37.2 Å². The number of carbonyl (C=O) groups excluding carboxylic acids is 4. The van der Waals surface area contributed by atoms with Gasteiger partial charge in [-0.1, -0.05) is 78.9 Å². The second-order valence-corrected chi connectivity index (χ2v) is 13.3. The maximum atomic E-state index is 14.3. The first-order valence-corrected chi connectivity index (χ1v) is 16.1. The molecule has 10 heteroatoms. The third-order valence-corrected chi connectivity index (χ3v) is 9.07. The van der Waals surface area contributed by atoms with Crippen molar-refractivity contribution in [3.05, 3.63) is 125 Å². The molecule has 3 aromatic carbocycles. The molecular weight excluding hydrogens is 602 g/mol. The van der Waals surface area contributed by atoms with Gasteiger partial charge in [0.25, 0.3) is 5.91 Å². The van der Waals surface area contributed by atoms with E-state index in [0.717, 1.165) is 16.8 Å². The molecular formula is C36H35N3O6S. The molecule has 0 spiro atoms. The molecule has 236 valence electrons. The van der Waals surface area contributed by atoms with Gasteiger partial charge in [-0.05, 0) is 67.5 Å². The van der Waals surface area contributed by atoms with Crippen molar-refractivity contribution in [2.75, 3.05) is 11.4 Å². The van der Waals surface area contributed by atoms with Crippen molar-refractivity contribution in [1.82, 2.24) is 10.2 Å². The van der Waals surface area contributed by atoms with Gasteiger partial charge < -0.3 is 24.6 Å². The van der Waals surface area contributed by atoms with Gasteiger partial charge in [-0.3, -0.25) is 9.59 Å². The molecule has 2 fully saturated rings. The summed E-state index contributed by atoms with van der Waals surface area (Å²) in [6.45, 7) is 5.72. The fraction of sp³-hybridized carbons (Fsp3) is 0.278. The lowest BCUT2D eigenvalue weighted by molar-refractivity contribution is -0.164. The lowest BCUT2D eigenvalue weighted by Crippen LogP contribution is -2.74. The zero-order valence-corrected chi connectivity index (χ0v) is 26.6. The van der Waals surface area contributed by atoms with Crippen LogP contribution in [0.3, 0.4) is 0 Å². The van der Waals surface area contributed by atoms with Gasteiger partial charge >= 0.3 is 12.1 Å². The number of nitrogens with one attached hydrogen (secondary N) is 1. The summed E-state index contributed by atoms with van der Waals surface area (Å²) >= 11 is 1.30. The highest BCUT2D eigenvalue weighted by molar-refractivity contribution is 8.03. The van der Waals surface area contributed by atoms with Crippen LogP contribution >= 0.6 is 11.8 Å². The minimum absolute atomic E-state index is 0.155. The summed E-state index contributed by atoms with van der Waals surface area (Å²) in [5, 5.41) is 3.89. The van der Waals surface area contributed by atoms with Crippen LogP contribution in [0.2, 0.25) is 0 Å². The normalized spacial score (nSPS) is 21.9. The molecule has 0 radical (unpaired) electrons. The van der Waals surface area contributed by atoms with E-state index in [-0.39, 0.29) is 5.91 Å². The minimum Gasteiger partial charge on any atom is -0.451 e. The molecule has 3 amide bonds. The number of para-hydroxylation sites is 1. The fourth-order valence-electron chi connectivity index (χ4n) is 5.78. The number of esters is 1. The Balaban J connectivity index is 1.31. The van der Waals surface area contributed by atoms with Gasteiger partial charge in [0.1, 0.15) is 17.0 Å². The second kappa shape index (κ2) is 12.9. The van der Waals surface area contributed by atoms with Crippen LogP contribution in [0.25, 0.3) is 0 Å². The van der Waals surface area contributed by atoms with E-state index in [1.807, 2.05) is 91.0 Å². The molecule has 0 saturated carbocycles. The quantitative estimate of drug-likeness (QED) is 0.200. The van der Waals surface area contributed by atoms with E-state index in [2.05, 4.69) is 5.32 Å². The van der Waals surface area contributed by atoms with Crippen LogP contribution in [-0.4, -0.2) is 58.4 Å². The van der Waals surface area contributed by atoms with Gasteiger partial charge in [-0.15, -0.1) is 11.8 Å². The maximum Gasteiger partial charge on any atom is 0.408 e. The Kier molecular flexibility index (Phi) is 8.73. The zero-order chi connectivity index (χ0) is 32.4. The smallest absolute Gasteiger partial charge is 0.408 e. The van der Waals surface area contributed by atoms with Gasteiger partial charge in [-0.25, -0.2) is 9.59 Å². The molecule has 0 bridgehead atoms. The van der Waals surface area contributed by atoms with Crippen molar-refractivity contribution in [3.63, 3.8) is 0 Å². The average Bonchev–Trinajstić information content (AvgIpc) is 3.41. The van der Waals surface area contributed by atoms with Crippen molar-refractivity contribution in [3.8, 4) is 0 Å². The SMILES string of the molecule is CC(C)(C)OC(=O)N[C@@H]1C(=O)N2[C@@H](C(=O)OC(c3ccccc3)c3ccccc3)C(/C=C3\CCN(c4ccccc4)C3=O)=CS[C@H]12. The minimum atomic E-state index is -1.13. The third-order valence-electron chi connectivity index (χ3n) is 7.88. The van der Waals surface area contributed by atoms with Crippen molar-refractivity contribution >= 4 is 41.3 Å². The van der Waals surface area contributed by atoms with E-state index in [9.17, 15) is 19.2 Å². The molecule has 1 N–H and O–H groups in total. The van der Waals surface area contributed by atoms with Crippen LogP contribution < -0.4 is 10.2 Å². The summed E-state index contributed by atoms with van der Waals surface area (Å²) in [4.78, 5) is 57.1. The molecule has 2 saturated heterocycles. The molecule has 3 aliphatic rings. The van der Waals surface area contributed by atoms with Crippen molar-refractivity contribution < 1.29 is 28.7 Å². The lowest BCUT2D eigenvalue weighted by atomic mass is 9.95. The number of rotatable bonds is 7. The first-order chi connectivity index (χ1) is 22.1. The number of benzene rings is 3. The van der Waals surface area contributed by atoms with Gasteiger partial charge in [0.15, 0.2) is 12.1 Å². The number of hydrogen-bond acceptors (Lipinski definition) is 7. The summed E-state index contributed by atoms with van der Waals surface area (Å²) < 4.78 is 11.6. The molecule has 0 aromatic heterocycles. The van der Waals surface area contributed by atoms with E-state index < -0.39 is 47.1 Å². The number of hydrogen-bond donors (Lipinski definition) is 1. The number of nitrogens with zero attached hydrogens (tertiary/aromatic N) is 2. The molecule has 3 aliphatic heterocycles. The number of amides is 3. The number of alkyl carbamates (subject to hydrolysis) is 1. The molecule has 9 nitrogen and oxygen atoms in total. The summed E-state index contributed by atoms with van der Waals surface area (Å²) in [7, 11) is 0. The summed E-state index contributed by atoms with van der Waals surface area (Å²) in [5.74, 6) is -1.23. The fourth-order valence-corrected chi connectivity index (χ4v) is 6.97. The number of ether oxygens (including phenoxy) is 2. The van der Waals surface area contributed by atoms with Gasteiger partial charge in [0.2, 0.25) is 5.91 Å². The van der Waals surface area contributed by atoms with E-state index in [4.69, 9.17) is 9.47 Å². The highest BCUT2D eigenvalue weighted by Crippen LogP contribution is 2.42. The molecule has 46 heavy (non-hydrogen) atoms. The second-order valence-electron chi connectivity index (χ2n) is 12.3. The largest absolute Gasteiger partial charge is 0.451 e. The Morgan fingerprint density at radius 2 is 1.50 bits per heavy atom. The Morgan fingerprint density at radius 3 is 2.09 bits per heavy atom. The number of anilines is 1. The number of thioether (sulfide) groups is 1. The number of β-lactam (4-membered cyclic amide) rings is 1. The first kappa shape index (κ1) is 31.2. The molecule has 0 aliphatic carbocycles. The standard InChI is InChI=1S/C36H35N3O6S/c1-36(2,3)45-35(43)37-28-32(41)39-29(34(42)44-30(23-13-7-4-8-14-23)24-15-9-5-10-16-24)26(22-46-33(28)39)21-25-19-20-38(31(25)40)27-17-11-6-12-18-27/h4-18,21-22,28-30,33H,19-20H2,1-3H3,(H,37,43)/b25-21+/t28-,29-,33-/m1/s1. The van der Waals surface area contributed by atoms with Crippen LogP contribution in [-0.2, 0) is 23.9 Å². The van der Waals surface area contributed by atoms with Crippen LogP contribution in [0.5, 0.6) is 0 Å². The van der Waals surface area contributed by atoms with Gasteiger partial charge in [-0.2, -0.15) is 0 Å². The first-order valence-electron chi connectivity index (χ1n) is 15.2. The molecule has 6 rings (SSSR count). The zero-order valence-electron chi connectivity index (χ0n) is 25.8. The van der Waals surface area contributed by atoms with Crippen LogP contribution in [0.4, 0.5) is 10.5 Å². The average molecular weight is 638 g/mol. The van der Waals surface area contributed by atoms with E-state index in [1.165, 1.54) is 16.7 Å². The summed E-state index contributed by atoms with van der Waals surface area (Å²) in [6.07, 6.45) is 0.745. The number of fused-ring (bicyclic) bond motifs is 1. The van der Waals surface area contributed by atoms with E-state index in [0.29, 0.717) is 24.1 Å². The third kappa shape index (κ3) is 6.44. The Labute approximate surface area is 272 Å². The van der Waals surface area contributed by atoms with Crippen molar-refractivity contribution in [1.29, 1.82) is 0 Å². The van der Waals surface area contributed by atoms with Gasteiger partial charge in [0, 0.05) is 17.8 Å². The molecule has 0 unspecified atom stereocenters. The highest BCUT2D eigenvalue weighted by Gasteiger charge is 2.56.